The Morgan fingerprint density at radius 1 is 1.02 bits per heavy atom. The highest BCUT2D eigenvalue weighted by molar-refractivity contribution is 7.07. The maximum atomic E-state index is 14.0. The summed E-state index contributed by atoms with van der Waals surface area (Å²) in [5.41, 5.74) is 2.95. The lowest BCUT2D eigenvalue weighted by atomic mass is 9.82. The lowest BCUT2D eigenvalue weighted by Gasteiger charge is -2.34. The van der Waals surface area contributed by atoms with E-state index in [2.05, 4.69) is 10.3 Å². The molecule has 0 bridgehead atoms. The van der Waals surface area contributed by atoms with Gasteiger partial charge in [0.15, 0.2) is 0 Å². The Morgan fingerprint density at radius 2 is 1.71 bits per heavy atom. The van der Waals surface area contributed by atoms with E-state index in [4.69, 9.17) is 0 Å². The van der Waals surface area contributed by atoms with Crippen molar-refractivity contribution in [1.29, 1.82) is 0 Å². The first-order valence-electron chi connectivity index (χ1n) is 16.2. The molecule has 4 N–H and O–H groups in total. The summed E-state index contributed by atoms with van der Waals surface area (Å²) in [7, 11) is 3.20. The van der Waals surface area contributed by atoms with Crippen LogP contribution in [0.4, 0.5) is 0 Å². The van der Waals surface area contributed by atoms with E-state index in [1.807, 2.05) is 25.3 Å². The molecule has 250 valence electrons. The summed E-state index contributed by atoms with van der Waals surface area (Å²) < 4.78 is 0. The standard InChI is InChI=1S/C34H52N4O6S/c1-23(2)15-29(39)33(43)28(16-24-11-7-5-8-12-24)36-34(44)26(17-27-21-45-22-35-27)18-31(41)38(20-32(42)37(3)4)19-30(40)25-13-9-6-10-14-25/h6,9-10,13-14,21-24,26,28-30,33,39-40,43H,5,7-8,11-12,15-20H2,1-4H3,(H,36,44)/t26-,28+,29+,30+,33-/m1/s1. The number of rotatable bonds is 17. The molecule has 11 heteroatoms. The van der Waals surface area contributed by atoms with Gasteiger partial charge in [0.1, 0.15) is 6.10 Å². The van der Waals surface area contributed by atoms with Crippen LogP contribution in [0.15, 0.2) is 41.2 Å². The third kappa shape index (κ3) is 12.1. The van der Waals surface area contributed by atoms with Crippen molar-refractivity contribution >= 4 is 29.1 Å². The number of hydrogen-bond acceptors (Lipinski definition) is 8. The van der Waals surface area contributed by atoms with Gasteiger partial charge in [-0.3, -0.25) is 14.4 Å². The van der Waals surface area contributed by atoms with Crippen LogP contribution in [0.2, 0.25) is 0 Å². The largest absolute Gasteiger partial charge is 0.390 e. The molecule has 0 saturated heterocycles. The summed E-state index contributed by atoms with van der Waals surface area (Å²) in [5, 5.41) is 37.9. The Balaban J connectivity index is 1.83. The van der Waals surface area contributed by atoms with Crippen LogP contribution in [0.5, 0.6) is 0 Å². The van der Waals surface area contributed by atoms with Crippen molar-refractivity contribution in [3.63, 3.8) is 0 Å². The Kier molecular flexibility index (Phi) is 14.9. The predicted molar refractivity (Wildman–Crippen MR) is 175 cm³/mol. The van der Waals surface area contributed by atoms with Gasteiger partial charge in [-0.15, -0.1) is 11.3 Å². The van der Waals surface area contributed by atoms with Gasteiger partial charge in [-0.1, -0.05) is 76.3 Å². The molecule has 10 nitrogen and oxygen atoms in total. The molecule has 1 aromatic heterocycles. The maximum absolute atomic E-state index is 14.0. The Labute approximate surface area is 271 Å². The van der Waals surface area contributed by atoms with E-state index >= 15 is 0 Å². The van der Waals surface area contributed by atoms with Gasteiger partial charge >= 0.3 is 0 Å². The molecule has 0 spiro atoms. The number of aromatic nitrogens is 1. The minimum atomic E-state index is -1.15. The van der Waals surface area contributed by atoms with E-state index < -0.39 is 42.1 Å². The highest BCUT2D eigenvalue weighted by Crippen LogP contribution is 2.29. The number of aliphatic hydroxyl groups is 3. The number of thiazole rings is 1. The zero-order valence-electron chi connectivity index (χ0n) is 27.2. The van der Waals surface area contributed by atoms with Gasteiger partial charge in [-0.2, -0.15) is 0 Å². The van der Waals surface area contributed by atoms with Crippen LogP contribution in [0.25, 0.3) is 0 Å². The number of aliphatic hydroxyl groups excluding tert-OH is 3. The second-order valence-corrected chi connectivity index (χ2v) is 13.8. The van der Waals surface area contributed by atoms with Gasteiger partial charge < -0.3 is 30.4 Å². The van der Waals surface area contributed by atoms with E-state index in [1.54, 1.807) is 43.9 Å². The van der Waals surface area contributed by atoms with E-state index in [1.165, 1.54) is 27.6 Å². The molecule has 3 amide bonds. The molecule has 3 rings (SSSR count). The minimum absolute atomic E-state index is 0.113. The lowest BCUT2D eigenvalue weighted by molar-refractivity contribution is -0.142. The highest BCUT2D eigenvalue weighted by Gasteiger charge is 2.34. The van der Waals surface area contributed by atoms with Crippen LogP contribution in [0.3, 0.4) is 0 Å². The first-order chi connectivity index (χ1) is 21.4. The number of benzene rings is 1. The first kappa shape index (κ1) is 36.6. The fraction of sp³-hybridized carbons (Fsp3) is 0.647. The smallest absolute Gasteiger partial charge is 0.241 e. The quantitative estimate of drug-likeness (QED) is 0.206. The van der Waals surface area contributed by atoms with E-state index in [-0.39, 0.29) is 37.8 Å². The van der Waals surface area contributed by atoms with Crippen LogP contribution in [0.1, 0.15) is 82.6 Å². The van der Waals surface area contributed by atoms with Gasteiger partial charge in [-0.05, 0) is 30.2 Å². The van der Waals surface area contributed by atoms with E-state index in [9.17, 15) is 29.7 Å². The number of amides is 3. The molecule has 2 aromatic rings. The highest BCUT2D eigenvalue weighted by atomic mass is 32.1. The lowest BCUT2D eigenvalue weighted by Crippen LogP contribution is -2.52. The molecule has 1 aromatic carbocycles. The third-order valence-corrected chi connectivity index (χ3v) is 9.28. The number of carbonyl (C=O) groups is 3. The summed E-state index contributed by atoms with van der Waals surface area (Å²) in [6, 6.07) is 8.25. The van der Waals surface area contributed by atoms with Crippen LogP contribution in [-0.4, -0.2) is 93.3 Å². The summed E-state index contributed by atoms with van der Waals surface area (Å²) in [4.78, 5) is 47.6. The molecule has 1 heterocycles. The number of hydrogen-bond donors (Lipinski definition) is 4. The molecule has 1 saturated carbocycles. The van der Waals surface area contributed by atoms with Crippen LogP contribution in [0, 0.1) is 17.8 Å². The SMILES string of the molecule is CC(C)C[C@H](O)[C@H](O)[C@H](CC1CCCCC1)NC(=O)[C@@H](CC(=O)N(CC(=O)N(C)C)C[C@H](O)c1ccccc1)Cc1cscn1. The van der Waals surface area contributed by atoms with Crippen LogP contribution in [-0.2, 0) is 20.8 Å². The number of carbonyl (C=O) groups excluding carboxylic acids is 3. The topological polar surface area (TPSA) is 143 Å². The molecule has 5 atom stereocenters. The van der Waals surface area contributed by atoms with Crippen molar-refractivity contribution in [3.8, 4) is 0 Å². The second kappa shape index (κ2) is 18.3. The molecule has 1 aliphatic rings. The summed E-state index contributed by atoms with van der Waals surface area (Å²) >= 11 is 1.39. The summed E-state index contributed by atoms with van der Waals surface area (Å²) in [6.45, 7) is 3.59. The zero-order valence-corrected chi connectivity index (χ0v) is 28.0. The molecule has 0 unspecified atom stereocenters. The fourth-order valence-corrected chi connectivity index (χ4v) is 6.56. The molecule has 1 fully saturated rings. The number of nitrogens with zero attached hydrogens (tertiary/aromatic N) is 3. The van der Waals surface area contributed by atoms with Crippen molar-refractivity contribution < 1.29 is 29.7 Å². The van der Waals surface area contributed by atoms with Crippen molar-refractivity contribution in [1.82, 2.24) is 20.1 Å². The number of nitrogens with one attached hydrogen (secondary N) is 1. The van der Waals surface area contributed by atoms with Crippen molar-refractivity contribution in [2.45, 2.75) is 96.0 Å². The van der Waals surface area contributed by atoms with Gasteiger partial charge in [0.25, 0.3) is 0 Å². The molecule has 45 heavy (non-hydrogen) atoms. The average molecular weight is 645 g/mol. The van der Waals surface area contributed by atoms with Crippen LogP contribution < -0.4 is 5.32 Å². The predicted octanol–water partition coefficient (Wildman–Crippen LogP) is 3.57. The van der Waals surface area contributed by atoms with Crippen molar-refractivity contribution in [2.24, 2.45) is 17.8 Å². The Bertz CT molecular complexity index is 1170. The van der Waals surface area contributed by atoms with Crippen LogP contribution >= 0.6 is 11.3 Å². The van der Waals surface area contributed by atoms with Crippen molar-refractivity contribution in [3.05, 3.63) is 52.5 Å². The Morgan fingerprint density at radius 3 is 2.31 bits per heavy atom. The van der Waals surface area contributed by atoms with Gasteiger partial charge in [0, 0.05) is 32.3 Å². The minimum Gasteiger partial charge on any atom is -0.390 e. The van der Waals surface area contributed by atoms with Gasteiger partial charge in [0.05, 0.1) is 48.5 Å². The van der Waals surface area contributed by atoms with Gasteiger partial charge in [-0.25, -0.2) is 4.98 Å². The fourth-order valence-electron chi connectivity index (χ4n) is 5.99. The molecular weight excluding hydrogens is 592 g/mol. The molecular formula is C34H52N4O6S. The maximum Gasteiger partial charge on any atom is 0.241 e. The van der Waals surface area contributed by atoms with E-state index in [0.717, 1.165) is 25.7 Å². The monoisotopic (exact) mass is 644 g/mol. The van der Waals surface area contributed by atoms with Crippen molar-refractivity contribution in [2.75, 3.05) is 27.2 Å². The number of likely N-dealkylation sites (N-methyl/N-ethyl adjacent to an activating group) is 1. The molecule has 0 aliphatic heterocycles. The summed E-state index contributed by atoms with van der Waals surface area (Å²) in [5.74, 6) is -1.50. The average Bonchev–Trinajstić information content (AvgIpc) is 3.53. The first-order valence-corrected chi connectivity index (χ1v) is 17.1. The zero-order chi connectivity index (χ0) is 32.9. The van der Waals surface area contributed by atoms with Gasteiger partial charge in [0.2, 0.25) is 17.7 Å². The molecule has 0 radical (unpaired) electrons. The third-order valence-electron chi connectivity index (χ3n) is 8.65. The summed E-state index contributed by atoms with van der Waals surface area (Å²) in [6.07, 6.45) is 3.17. The normalized spacial score (nSPS) is 17.2. The Hall–Kier alpha value is -2.86. The second-order valence-electron chi connectivity index (χ2n) is 13.1. The molecule has 1 aliphatic carbocycles. The van der Waals surface area contributed by atoms with E-state index in [0.29, 0.717) is 30.0 Å².